The predicted molar refractivity (Wildman–Crippen MR) is 93.1 cm³/mol. The zero-order valence-corrected chi connectivity index (χ0v) is 14.9. The summed E-state index contributed by atoms with van der Waals surface area (Å²) in [6.45, 7) is 1.87. The first-order valence-corrected chi connectivity index (χ1v) is 8.44. The molecule has 0 bridgehead atoms. The van der Waals surface area contributed by atoms with Gasteiger partial charge in [-0.1, -0.05) is 0 Å². The Morgan fingerprint density at radius 1 is 1.07 bits per heavy atom. The molecule has 8 nitrogen and oxygen atoms in total. The monoisotopic (exact) mass is 406 g/mol. The summed E-state index contributed by atoms with van der Waals surface area (Å²) in [5.41, 5.74) is 1.60. The van der Waals surface area contributed by atoms with Gasteiger partial charge in [-0.05, 0) is 36.4 Å². The van der Waals surface area contributed by atoms with Crippen LogP contribution in [0, 0.1) is 6.92 Å². The van der Waals surface area contributed by atoms with Crippen molar-refractivity contribution >= 4 is 11.2 Å². The second-order valence-electron chi connectivity index (χ2n) is 6.07. The molecule has 0 spiro atoms. The van der Waals surface area contributed by atoms with Gasteiger partial charge < -0.3 is 13.6 Å². The molecular formula is C18H13F3N4O4. The molecule has 0 aliphatic heterocycles. The number of benzene rings is 1. The maximum absolute atomic E-state index is 12.3. The third kappa shape index (κ3) is 4.13. The van der Waals surface area contributed by atoms with Crippen molar-refractivity contribution in [2.45, 2.75) is 26.3 Å². The van der Waals surface area contributed by atoms with Gasteiger partial charge in [-0.3, -0.25) is 4.57 Å². The van der Waals surface area contributed by atoms with Crippen LogP contribution in [0.2, 0.25) is 0 Å². The molecule has 3 heterocycles. The van der Waals surface area contributed by atoms with Crippen LogP contribution in [-0.4, -0.2) is 26.1 Å². The van der Waals surface area contributed by atoms with Gasteiger partial charge in [0.15, 0.2) is 11.2 Å². The first kappa shape index (κ1) is 18.7. The van der Waals surface area contributed by atoms with Crippen molar-refractivity contribution in [2.75, 3.05) is 0 Å². The quantitative estimate of drug-likeness (QED) is 0.501. The molecule has 3 aromatic heterocycles. The summed E-state index contributed by atoms with van der Waals surface area (Å²) in [7, 11) is 0. The SMILES string of the molecule is Cc1nnc(CCn2c(=O)oc3ccc(-c4ccc(OC(F)(F)F)cc4)nc32)o1. The lowest BCUT2D eigenvalue weighted by molar-refractivity contribution is -0.274. The number of oxazole rings is 1. The third-order valence-corrected chi connectivity index (χ3v) is 4.01. The zero-order chi connectivity index (χ0) is 20.6. The lowest BCUT2D eigenvalue weighted by Gasteiger charge is -2.09. The van der Waals surface area contributed by atoms with Crippen LogP contribution in [0.3, 0.4) is 0 Å². The number of hydrogen-bond donors (Lipinski definition) is 0. The molecule has 29 heavy (non-hydrogen) atoms. The molecule has 0 saturated heterocycles. The topological polar surface area (TPSA) is 96.2 Å². The van der Waals surface area contributed by atoms with Crippen LogP contribution < -0.4 is 10.5 Å². The molecule has 0 fully saturated rings. The minimum atomic E-state index is -4.76. The van der Waals surface area contributed by atoms with E-state index in [4.69, 9.17) is 8.83 Å². The number of hydrogen-bond acceptors (Lipinski definition) is 7. The van der Waals surface area contributed by atoms with E-state index in [0.717, 1.165) is 0 Å². The molecule has 0 aliphatic carbocycles. The van der Waals surface area contributed by atoms with E-state index in [9.17, 15) is 18.0 Å². The number of alkyl halides is 3. The van der Waals surface area contributed by atoms with Crippen LogP contribution in [0.25, 0.3) is 22.5 Å². The summed E-state index contributed by atoms with van der Waals surface area (Å²) >= 11 is 0. The van der Waals surface area contributed by atoms with Crippen LogP contribution in [0.1, 0.15) is 11.8 Å². The van der Waals surface area contributed by atoms with Gasteiger partial charge in [-0.25, -0.2) is 9.78 Å². The molecule has 0 amide bonds. The maximum Gasteiger partial charge on any atom is 0.573 e. The molecule has 11 heteroatoms. The Morgan fingerprint density at radius 3 is 2.48 bits per heavy atom. The molecule has 0 radical (unpaired) electrons. The number of halogens is 3. The number of fused-ring (bicyclic) bond motifs is 1. The summed E-state index contributed by atoms with van der Waals surface area (Å²) in [6.07, 6.45) is -4.45. The molecule has 0 unspecified atom stereocenters. The average molecular weight is 406 g/mol. The van der Waals surface area contributed by atoms with Crippen molar-refractivity contribution in [3.8, 4) is 17.0 Å². The first-order valence-electron chi connectivity index (χ1n) is 8.44. The highest BCUT2D eigenvalue weighted by molar-refractivity contribution is 5.73. The minimum Gasteiger partial charge on any atom is -0.426 e. The van der Waals surface area contributed by atoms with Crippen LogP contribution >= 0.6 is 0 Å². The van der Waals surface area contributed by atoms with Crippen LogP contribution in [-0.2, 0) is 13.0 Å². The van der Waals surface area contributed by atoms with E-state index in [-0.39, 0.29) is 17.9 Å². The fourth-order valence-electron chi connectivity index (χ4n) is 2.78. The predicted octanol–water partition coefficient (Wildman–Crippen LogP) is 3.49. The van der Waals surface area contributed by atoms with Gasteiger partial charge in [0.05, 0.1) is 5.69 Å². The lowest BCUT2D eigenvalue weighted by atomic mass is 10.1. The smallest absolute Gasteiger partial charge is 0.426 e. The van der Waals surface area contributed by atoms with Crippen molar-refractivity contribution in [1.29, 1.82) is 0 Å². The summed E-state index contributed by atoms with van der Waals surface area (Å²) < 4.78 is 52.5. The fraction of sp³-hybridized carbons (Fsp3) is 0.222. The summed E-state index contributed by atoms with van der Waals surface area (Å²) in [6, 6.07) is 8.45. The van der Waals surface area contributed by atoms with E-state index < -0.39 is 12.1 Å². The standard InChI is InChI=1S/C18H13F3N4O4/c1-10-23-24-15(27-10)8-9-25-16-14(28-17(25)26)7-6-13(22-16)11-2-4-12(5-3-11)29-18(19,20)21/h2-7H,8-9H2,1H3. The molecule has 4 aromatic rings. The Bertz CT molecular complexity index is 1210. The van der Waals surface area contributed by atoms with Gasteiger partial charge in [-0.15, -0.1) is 23.4 Å². The molecule has 0 atom stereocenters. The van der Waals surface area contributed by atoms with Gasteiger partial charge in [0.2, 0.25) is 11.8 Å². The van der Waals surface area contributed by atoms with Crippen molar-refractivity contribution in [3.05, 3.63) is 58.7 Å². The Labute approximate surface area is 160 Å². The number of rotatable bonds is 5. The van der Waals surface area contributed by atoms with E-state index in [1.54, 1.807) is 19.1 Å². The Morgan fingerprint density at radius 2 is 1.83 bits per heavy atom. The van der Waals surface area contributed by atoms with E-state index >= 15 is 0 Å². The number of nitrogens with zero attached hydrogens (tertiary/aromatic N) is 4. The van der Waals surface area contributed by atoms with Crippen molar-refractivity contribution in [1.82, 2.24) is 19.7 Å². The molecule has 0 saturated carbocycles. The Hall–Kier alpha value is -3.63. The fourth-order valence-corrected chi connectivity index (χ4v) is 2.78. The highest BCUT2D eigenvalue weighted by Gasteiger charge is 2.31. The van der Waals surface area contributed by atoms with E-state index in [1.807, 2.05) is 0 Å². The van der Waals surface area contributed by atoms with Gasteiger partial charge in [0, 0.05) is 25.5 Å². The lowest BCUT2D eigenvalue weighted by Crippen LogP contribution is -2.17. The second-order valence-corrected chi connectivity index (χ2v) is 6.07. The van der Waals surface area contributed by atoms with E-state index in [1.165, 1.54) is 28.8 Å². The minimum absolute atomic E-state index is 0.211. The first-order chi connectivity index (χ1) is 13.8. The van der Waals surface area contributed by atoms with Crippen LogP contribution in [0.5, 0.6) is 5.75 Å². The summed E-state index contributed by atoms with van der Waals surface area (Å²) in [5.74, 6) is -0.130. The van der Waals surface area contributed by atoms with Gasteiger partial charge in [-0.2, -0.15) is 0 Å². The molecule has 4 rings (SSSR count). The highest BCUT2D eigenvalue weighted by atomic mass is 19.4. The third-order valence-electron chi connectivity index (χ3n) is 4.01. The normalized spacial score (nSPS) is 11.9. The molecule has 0 aliphatic rings. The van der Waals surface area contributed by atoms with Crippen LogP contribution in [0.4, 0.5) is 13.2 Å². The van der Waals surface area contributed by atoms with Crippen molar-refractivity contribution in [2.24, 2.45) is 0 Å². The van der Waals surface area contributed by atoms with Crippen LogP contribution in [0.15, 0.2) is 50.0 Å². The number of pyridine rings is 1. The van der Waals surface area contributed by atoms with E-state index in [2.05, 4.69) is 19.9 Å². The summed E-state index contributed by atoms with van der Waals surface area (Å²) in [4.78, 5) is 16.6. The summed E-state index contributed by atoms with van der Waals surface area (Å²) in [5, 5.41) is 7.61. The molecule has 1 aromatic carbocycles. The Balaban J connectivity index is 1.62. The largest absolute Gasteiger partial charge is 0.573 e. The van der Waals surface area contributed by atoms with E-state index in [0.29, 0.717) is 35.1 Å². The molecule has 150 valence electrons. The maximum atomic E-state index is 12.3. The van der Waals surface area contributed by atoms with Gasteiger partial charge >= 0.3 is 12.1 Å². The number of ether oxygens (including phenoxy) is 1. The van der Waals surface area contributed by atoms with Crippen molar-refractivity contribution < 1.29 is 26.7 Å². The number of aromatic nitrogens is 4. The molecule has 0 N–H and O–H groups in total. The highest BCUT2D eigenvalue weighted by Crippen LogP contribution is 2.26. The Kier molecular flexibility index (Phi) is 4.57. The average Bonchev–Trinajstić information content (AvgIpc) is 3.21. The second kappa shape index (κ2) is 7.08. The zero-order valence-electron chi connectivity index (χ0n) is 14.9. The van der Waals surface area contributed by atoms with Crippen molar-refractivity contribution in [3.63, 3.8) is 0 Å². The van der Waals surface area contributed by atoms with Gasteiger partial charge in [0.25, 0.3) is 0 Å². The van der Waals surface area contributed by atoms with Gasteiger partial charge in [0.1, 0.15) is 5.75 Å². The molecular weight excluding hydrogens is 393 g/mol. The number of aryl methyl sites for hydroxylation is 3.